The molecule has 2 nitrogen and oxygen atoms in total. The average Bonchev–Trinajstić information content (AvgIpc) is 2.47. The van der Waals surface area contributed by atoms with E-state index >= 15 is 0 Å². The van der Waals surface area contributed by atoms with E-state index in [1.54, 1.807) is 6.08 Å². The lowest BCUT2D eigenvalue weighted by Crippen LogP contribution is -2.26. The van der Waals surface area contributed by atoms with Crippen molar-refractivity contribution in [2.45, 2.75) is 24.9 Å². The topological polar surface area (TPSA) is 52.0 Å². The number of nitrogens with two attached hydrogens (primary N) is 2. The van der Waals surface area contributed by atoms with Crippen LogP contribution in [0, 0.1) is 0 Å². The summed E-state index contributed by atoms with van der Waals surface area (Å²) >= 11 is 3.76. The highest BCUT2D eigenvalue weighted by molar-refractivity contribution is 8.16. The minimum atomic E-state index is 0.166. The van der Waals surface area contributed by atoms with Crippen LogP contribution in [-0.4, -0.2) is 28.7 Å². The average molecular weight is 323 g/mol. The van der Waals surface area contributed by atoms with Gasteiger partial charge in [-0.2, -0.15) is 0 Å². The Kier molecular flexibility index (Phi) is 9.59. The minimum absolute atomic E-state index is 0.166. The fourth-order valence-corrected chi connectivity index (χ4v) is 4.00. The summed E-state index contributed by atoms with van der Waals surface area (Å²) in [7, 11) is 0. The molecule has 0 aliphatic rings. The van der Waals surface area contributed by atoms with Gasteiger partial charge in [0.1, 0.15) is 0 Å². The second-order valence-electron chi connectivity index (χ2n) is 5.14. The van der Waals surface area contributed by atoms with E-state index in [4.69, 9.17) is 11.5 Å². The van der Waals surface area contributed by atoms with Crippen molar-refractivity contribution in [2.24, 2.45) is 11.5 Å². The van der Waals surface area contributed by atoms with Crippen LogP contribution in [0.1, 0.15) is 12.0 Å². The Balaban J connectivity index is 2.06. The van der Waals surface area contributed by atoms with E-state index in [1.165, 1.54) is 5.56 Å². The first-order valence-electron chi connectivity index (χ1n) is 7.12. The van der Waals surface area contributed by atoms with Crippen LogP contribution in [-0.2, 0) is 6.42 Å². The van der Waals surface area contributed by atoms with Crippen LogP contribution in [0.2, 0.25) is 0 Å². The maximum absolute atomic E-state index is 6.15. The summed E-state index contributed by atoms with van der Waals surface area (Å²) < 4.78 is 0. The van der Waals surface area contributed by atoms with Gasteiger partial charge in [-0.3, -0.25) is 0 Å². The Morgan fingerprint density at radius 1 is 1.10 bits per heavy atom. The number of allylic oxidation sites excluding steroid dienone is 1. The first kappa shape index (κ1) is 18.4. The Bertz CT molecular complexity index is 420. The van der Waals surface area contributed by atoms with Crippen molar-refractivity contribution in [3.8, 4) is 0 Å². The van der Waals surface area contributed by atoms with Crippen molar-refractivity contribution < 1.29 is 0 Å². The number of benzene rings is 1. The maximum atomic E-state index is 6.15. The third kappa shape index (κ3) is 9.04. The largest absolute Gasteiger partial charge is 0.327 e. The molecule has 0 saturated heterocycles. The highest BCUT2D eigenvalue weighted by Crippen LogP contribution is 2.16. The van der Waals surface area contributed by atoms with Gasteiger partial charge in [0.05, 0.1) is 0 Å². The quantitative estimate of drug-likeness (QED) is 0.372. The molecule has 0 spiro atoms. The maximum Gasteiger partial charge on any atom is 0.0393 e. The standard InChI is InChI=1S/C17H26N2S2/c1-3-14(2)9-16(18)11-20-13-21-12-17(19)10-15-7-5-4-6-8-15/h3-8,16-17H,1-2,9-13,18-19H2. The van der Waals surface area contributed by atoms with Gasteiger partial charge in [-0.25, -0.2) is 0 Å². The Morgan fingerprint density at radius 3 is 2.33 bits per heavy atom. The number of rotatable bonds is 11. The summed E-state index contributed by atoms with van der Waals surface area (Å²) in [6.07, 6.45) is 3.55. The third-order valence-corrected chi connectivity index (χ3v) is 5.65. The minimum Gasteiger partial charge on any atom is -0.327 e. The van der Waals surface area contributed by atoms with Crippen molar-refractivity contribution >= 4 is 23.5 Å². The third-order valence-electron chi connectivity index (χ3n) is 2.98. The second kappa shape index (κ2) is 11.0. The van der Waals surface area contributed by atoms with Crippen LogP contribution in [0.25, 0.3) is 0 Å². The van der Waals surface area contributed by atoms with Crippen LogP contribution >= 0.6 is 23.5 Å². The fourth-order valence-electron chi connectivity index (χ4n) is 1.91. The molecule has 0 saturated carbocycles. The Hall–Kier alpha value is -0.680. The van der Waals surface area contributed by atoms with E-state index < -0.39 is 0 Å². The predicted octanol–water partition coefficient (Wildman–Crippen LogP) is 3.44. The van der Waals surface area contributed by atoms with Gasteiger partial charge in [-0.15, -0.1) is 23.5 Å². The SMILES string of the molecule is C=CC(=C)CC(N)CSCSCC(N)Cc1ccccc1. The van der Waals surface area contributed by atoms with Crippen LogP contribution in [0.3, 0.4) is 0 Å². The highest BCUT2D eigenvalue weighted by Gasteiger charge is 2.06. The van der Waals surface area contributed by atoms with Crippen molar-refractivity contribution in [1.29, 1.82) is 0 Å². The molecule has 0 aromatic heterocycles. The van der Waals surface area contributed by atoms with Gasteiger partial charge in [0.2, 0.25) is 0 Å². The number of hydrogen-bond acceptors (Lipinski definition) is 4. The zero-order chi connectivity index (χ0) is 15.5. The van der Waals surface area contributed by atoms with Gasteiger partial charge in [-0.1, -0.05) is 55.1 Å². The fraction of sp³-hybridized carbons (Fsp3) is 0.412. The lowest BCUT2D eigenvalue weighted by Gasteiger charge is -2.13. The zero-order valence-corrected chi connectivity index (χ0v) is 14.2. The van der Waals surface area contributed by atoms with Gasteiger partial charge < -0.3 is 11.5 Å². The van der Waals surface area contributed by atoms with Crippen LogP contribution in [0.5, 0.6) is 0 Å². The monoisotopic (exact) mass is 322 g/mol. The van der Waals surface area contributed by atoms with Gasteiger partial charge in [-0.05, 0) is 18.4 Å². The summed E-state index contributed by atoms with van der Waals surface area (Å²) in [5, 5.41) is 1.04. The molecule has 0 fully saturated rings. The van der Waals surface area contributed by atoms with Gasteiger partial charge in [0.25, 0.3) is 0 Å². The summed E-state index contributed by atoms with van der Waals surface area (Å²) in [5.41, 5.74) is 14.5. The van der Waals surface area contributed by atoms with Crippen molar-refractivity contribution in [3.63, 3.8) is 0 Å². The summed E-state index contributed by atoms with van der Waals surface area (Å²) in [4.78, 5) is 0. The van der Waals surface area contributed by atoms with E-state index in [2.05, 4.69) is 37.4 Å². The molecule has 0 aliphatic heterocycles. The molecule has 1 aromatic rings. The molecule has 1 aromatic carbocycles. The summed E-state index contributed by atoms with van der Waals surface area (Å²) in [6, 6.07) is 10.8. The lowest BCUT2D eigenvalue weighted by molar-refractivity contribution is 0.749. The number of hydrogen-bond donors (Lipinski definition) is 2. The van der Waals surface area contributed by atoms with Gasteiger partial charge >= 0.3 is 0 Å². The summed E-state index contributed by atoms with van der Waals surface area (Å²) in [5.74, 6) is 1.93. The van der Waals surface area contributed by atoms with Gasteiger partial charge in [0, 0.05) is 28.7 Å². The molecule has 2 unspecified atom stereocenters. The van der Waals surface area contributed by atoms with E-state index in [9.17, 15) is 0 Å². The van der Waals surface area contributed by atoms with Crippen molar-refractivity contribution in [3.05, 3.63) is 60.7 Å². The van der Waals surface area contributed by atoms with E-state index in [0.29, 0.717) is 0 Å². The molecule has 0 bridgehead atoms. The molecule has 4 heteroatoms. The van der Waals surface area contributed by atoms with Crippen LogP contribution < -0.4 is 11.5 Å². The molecule has 4 N–H and O–H groups in total. The molecular formula is C17H26N2S2. The van der Waals surface area contributed by atoms with Crippen LogP contribution in [0.15, 0.2) is 55.1 Å². The molecule has 116 valence electrons. The van der Waals surface area contributed by atoms with E-state index in [0.717, 1.165) is 35.0 Å². The first-order valence-corrected chi connectivity index (χ1v) is 9.43. The Labute approximate surface area is 137 Å². The second-order valence-corrected chi connectivity index (χ2v) is 7.56. The molecule has 2 atom stereocenters. The molecule has 0 amide bonds. The molecule has 21 heavy (non-hydrogen) atoms. The molecule has 0 aliphatic carbocycles. The summed E-state index contributed by atoms with van der Waals surface area (Å²) in [6.45, 7) is 7.59. The predicted molar refractivity (Wildman–Crippen MR) is 99.8 cm³/mol. The highest BCUT2D eigenvalue weighted by atomic mass is 32.2. The van der Waals surface area contributed by atoms with Crippen molar-refractivity contribution in [2.75, 3.05) is 16.6 Å². The van der Waals surface area contributed by atoms with E-state index in [1.807, 2.05) is 29.6 Å². The van der Waals surface area contributed by atoms with E-state index in [-0.39, 0.29) is 12.1 Å². The van der Waals surface area contributed by atoms with Crippen LogP contribution in [0.4, 0.5) is 0 Å². The first-order chi connectivity index (χ1) is 10.1. The Morgan fingerprint density at radius 2 is 1.71 bits per heavy atom. The molecule has 0 heterocycles. The molecule has 1 rings (SSSR count). The van der Waals surface area contributed by atoms with Gasteiger partial charge in [0.15, 0.2) is 0 Å². The lowest BCUT2D eigenvalue weighted by atomic mass is 10.1. The zero-order valence-electron chi connectivity index (χ0n) is 12.5. The molecular weight excluding hydrogens is 296 g/mol. The molecule has 0 radical (unpaired) electrons. The normalized spacial score (nSPS) is 13.6. The smallest absolute Gasteiger partial charge is 0.0393 e. The van der Waals surface area contributed by atoms with Crippen molar-refractivity contribution in [1.82, 2.24) is 0 Å². The number of thioether (sulfide) groups is 2.